The molecule has 2 aliphatic heterocycles. The fourth-order valence-corrected chi connectivity index (χ4v) is 3.99. The highest BCUT2D eigenvalue weighted by Gasteiger charge is 2.54. The first-order valence-corrected chi connectivity index (χ1v) is 8.38. The molecule has 0 bridgehead atoms. The minimum absolute atomic E-state index is 0.104. The largest absolute Gasteiger partial charge is 0.477 e. The lowest BCUT2D eigenvalue weighted by Crippen LogP contribution is -2.72. The van der Waals surface area contributed by atoms with Gasteiger partial charge in [-0.15, -0.1) is 11.8 Å². The van der Waals surface area contributed by atoms with Crippen molar-refractivity contribution < 1.29 is 29.4 Å². The van der Waals surface area contributed by atoms with Crippen LogP contribution in [0.15, 0.2) is 40.9 Å². The van der Waals surface area contributed by atoms with Crippen LogP contribution in [0, 0.1) is 0 Å². The summed E-state index contributed by atoms with van der Waals surface area (Å²) >= 11 is 0.862. The van der Waals surface area contributed by atoms with E-state index < -0.39 is 35.6 Å². The van der Waals surface area contributed by atoms with Crippen molar-refractivity contribution >= 4 is 35.5 Å². The zero-order chi connectivity index (χ0) is 18.1. The molecule has 2 amide bonds. The predicted molar refractivity (Wildman–Crippen MR) is 87.5 cm³/mol. The molecule has 0 unspecified atom stereocenters. The Hall–Kier alpha value is -2.81. The number of carbonyl (C=O) groups is 4. The summed E-state index contributed by atoms with van der Waals surface area (Å²) in [6.45, 7) is 0. The number of rotatable bonds is 5. The van der Waals surface area contributed by atoms with Gasteiger partial charge in [0.25, 0.3) is 5.91 Å². The lowest BCUT2D eigenvalue weighted by molar-refractivity contribution is -0.154. The van der Waals surface area contributed by atoms with Gasteiger partial charge >= 0.3 is 11.9 Å². The van der Waals surface area contributed by atoms with E-state index in [4.69, 9.17) is 5.11 Å². The molecular weight excluding hydrogens is 348 g/mol. The maximum absolute atomic E-state index is 12.3. The molecule has 2 atom stereocenters. The van der Waals surface area contributed by atoms with Crippen molar-refractivity contribution in [2.24, 2.45) is 0 Å². The molecule has 0 saturated carbocycles. The van der Waals surface area contributed by atoms with E-state index in [0.29, 0.717) is 0 Å². The van der Waals surface area contributed by atoms with E-state index in [1.54, 1.807) is 24.3 Å². The Morgan fingerprint density at radius 2 is 1.84 bits per heavy atom. The number of amides is 2. The summed E-state index contributed by atoms with van der Waals surface area (Å²) in [5, 5.41) is 21.0. The van der Waals surface area contributed by atoms with Crippen LogP contribution in [0.3, 0.4) is 0 Å². The summed E-state index contributed by atoms with van der Waals surface area (Å²) in [6.07, 6.45) is 0.104. The van der Waals surface area contributed by atoms with Gasteiger partial charge in [-0.25, -0.2) is 9.59 Å². The van der Waals surface area contributed by atoms with Crippen molar-refractivity contribution in [3.8, 4) is 0 Å². The van der Waals surface area contributed by atoms with E-state index in [-0.39, 0.29) is 23.0 Å². The Bertz CT molecular complexity index is 791. The highest BCUT2D eigenvalue weighted by atomic mass is 32.2. The number of carbonyl (C=O) groups excluding carboxylic acids is 2. The second kappa shape index (κ2) is 6.60. The van der Waals surface area contributed by atoms with Gasteiger partial charge in [0.05, 0.1) is 12.5 Å². The van der Waals surface area contributed by atoms with Gasteiger partial charge in [0.2, 0.25) is 5.91 Å². The van der Waals surface area contributed by atoms with Crippen LogP contribution in [0.25, 0.3) is 0 Å². The smallest absolute Gasteiger partial charge is 0.354 e. The molecule has 1 fully saturated rings. The van der Waals surface area contributed by atoms with Crippen LogP contribution in [0.2, 0.25) is 0 Å². The number of hydrogen-bond acceptors (Lipinski definition) is 5. The Labute approximate surface area is 146 Å². The number of nitrogens with one attached hydrogen (secondary N) is 1. The Kier molecular flexibility index (Phi) is 4.49. The van der Waals surface area contributed by atoms with Crippen molar-refractivity contribution in [2.75, 3.05) is 5.75 Å². The van der Waals surface area contributed by atoms with Crippen LogP contribution in [0.1, 0.15) is 5.56 Å². The number of hydrogen-bond donors (Lipinski definition) is 3. The van der Waals surface area contributed by atoms with Crippen molar-refractivity contribution in [1.82, 2.24) is 10.2 Å². The summed E-state index contributed by atoms with van der Waals surface area (Å²) in [4.78, 5) is 47.5. The molecule has 0 spiro atoms. The number of aliphatic carboxylic acids is 2. The van der Waals surface area contributed by atoms with E-state index in [0.717, 1.165) is 22.2 Å². The fourth-order valence-electron chi connectivity index (χ4n) is 2.86. The number of nitrogens with zero attached hydrogens (tertiary/aromatic N) is 1. The van der Waals surface area contributed by atoms with Gasteiger partial charge in [0.1, 0.15) is 10.9 Å². The molecule has 0 aromatic heterocycles. The second-order valence-electron chi connectivity index (χ2n) is 5.58. The van der Waals surface area contributed by atoms with Gasteiger partial charge in [0, 0.05) is 5.75 Å². The van der Waals surface area contributed by atoms with Gasteiger partial charge in [-0.05, 0) is 5.56 Å². The normalized spacial score (nSPS) is 22.1. The molecule has 0 radical (unpaired) electrons. The lowest BCUT2D eigenvalue weighted by atomic mass is 9.94. The van der Waals surface area contributed by atoms with Crippen molar-refractivity contribution in [3.05, 3.63) is 46.5 Å². The first kappa shape index (κ1) is 17.0. The number of carboxylic acid groups (broad SMARTS) is 2. The Balaban J connectivity index is 1.72. The van der Waals surface area contributed by atoms with Crippen LogP contribution in [-0.4, -0.2) is 56.7 Å². The maximum atomic E-state index is 12.3. The molecule has 3 rings (SSSR count). The van der Waals surface area contributed by atoms with Gasteiger partial charge in [0.15, 0.2) is 5.70 Å². The standard InChI is InChI=1S/C16H14N2O6S/c19-10(6-8-4-2-1-3-5-8)17-11-9-7-25-13(16(23)24)12(15(21)22)18(9)14(11)20/h1-5,9,11H,6-7H2,(H,17,19)(H,21,22)(H,23,24)/t9-,11+/m1/s1. The van der Waals surface area contributed by atoms with Crippen molar-refractivity contribution in [2.45, 2.75) is 18.5 Å². The van der Waals surface area contributed by atoms with E-state index in [2.05, 4.69) is 5.32 Å². The third kappa shape index (κ3) is 3.10. The molecule has 9 heteroatoms. The van der Waals surface area contributed by atoms with Gasteiger partial charge < -0.3 is 15.5 Å². The molecular formula is C16H14N2O6S. The lowest BCUT2D eigenvalue weighted by Gasteiger charge is -2.49. The quantitative estimate of drug-likeness (QED) is 0.632. The zero-order valence-corrected chi connectivity index (χ0v) is 13.7. The monoisotopic (exact) mass is 362 g/mol. The highest BCUT2D eigenvalue weighted by Crippen LogP contribution is 2.39. The van der Waals surface area contributed by atoms with Crippen LogP contribution in [-0.2, 0) is 25.6 Å². The first-order valence-electron chi connectivity index (χ1n) is 7.40. The van der Waals surface area contributed by atoms with E-state index in [1.807, 2.05) is 6.07 Å². The maximum Gasteiger partial charge on any atom is 0.354 e. The average molecular weight is 362 g/mol. The molecule has 25 heavy (non-hydrogen) atoms. The van der Waals surface area contributed by atoms with Crippen molar-refractivity contribution in [1.29, 1.82) is 0 Å². The molecule has 1 aromatic carbocycles. The third-order valence-corrected chi connectivity index (χ3v) is 5.16. The first-order chi connectivity index (χ1) is 11.9. The van der Waals surface area contributed by atoms with Crippen LogP contribution in [0.5, 0.6) is 0 Å². The molecule has 1 saturated heterocycles. The van der Waals surface area contributed by atoms with Gasteiger partial charge in [-0.2, -0.15) is 0 Å². The van der Waals surface area contributed by atoms with Gasteiger partial charge in [-0.1, -0.05) is 30.3 Å². The molecule has 2 aliphatic rings. The van der Waals surface area contributed by atoms with Crippen LogP contribution in [0.4, 0.5) is 0 Å². The summed E-state index contributed by atoms with van der Waals surface area (Å²) in [6, 6.07) is 7.60. The summed E-state index contributed by atoms with van der Waals surface area (Å²) in [7, 11) is 0. The van der Waals surface area contributed by atoms with Crippen LogP contribution >= 0.6 is 11.8 Å². The number of β-lactam (4-membered cyclic amide) rings is 1. The summed E-state index contributed by atoms with van der Waals surface area (Å²) in [5.41, 5.74) is 0.258. The topological polar surface area (TPSA) is 124 Å². The molecule has 130 valence electrons. The zero-order valence-electron chi connectivity index (χ0n) is 12.8. The number of carboxylic acids is 2. The van der Waals surface area contributed by atoms with Gasteiger partial charge in [-0.3, -0.25) is 14.5 Å². The number of benzene rings is 1. The Morgan fingerprint density at radius 3 is 2.44 bits per heavy atom. The molecule has 3 N–H and O–H groups in total. The molecule has 8 nitrogen and oxygen atoms in total. The molecule has 2 heterocycles. The summed E-state index contributed by atoms with van der Waals surface area (Å²) in [5.74, 6) is -3.61. The number of fused-ring (bicyclic) bond motifs is 1. The van der Waals surface area contributed by atoms with Crippen LogP contribution < -0.4 is 5.32 Å². The van der Waals surface area contributed by atoms with E-state index >= 15 is 0 Å². The van der Waals surface area contributed by atoms with E-state index in [1.165, 1.54) is 0 Å². The highest BCUT2D eigenvalue weighted by molar-refractivity contribution is 8.04. The SMILES string of the molecule is O=C(Cc1ccccc1)N[C@@H]1C(=O)N2C(C(=O)O)=C(C(=O)O)SC[C@H]12. The number of thioether (sulfide) groups is 1. The average Bonchev–Trinajstić information content (AvgIpc) is 2.58. The minimum Gasteiger partial charge on any atom is -0.477 e. The minimum atomic E-state index is -1.47. The fraction of sp³-hybridized carbons (Fsp3) is 0.250. The second-order valence-corrected chi connectivity index (χ2v) is 6.61. The van der Waals surface area contributed by atoms with E-state index in [9.17, 15) is 24.3 Å². The molecule has 1 aromatic rings. The molecule has 0 aliphatic carbocycles. The third-order valence-electron chi connectivity index (χ3n) is 4.00. The Morgan fingerprint density at radius 1 is 1.16 bits per heavy atom. The summed E-state index contributed by atoms with van der Waals surface area (Å²) < 4.78 is 0. The predicted octanol–water partition coefficient (Wildman–Crippen LogP) is 0.0523. The van der Waals surface area contributed by atoms with Crippen molar-refractivity contribution in [3.63, 3.8) is 0 Å².